The zero-order valence-electron chi connectivity index (χ0n) is 11.1. The van der Waals surface area contributed by atoms with Gasteiger partial charge in [0.2, 0.25) is 0 Å². The maximum atomic E-state index is 12.9. The van der Waals surface area contributed by atoms with Crippen LogP contribution in [0.1, 0.15) is 26.2 Å². The Morgan fingerprint density at radius 2 is 2.15 bits per heavy atom. The molecule has 7 atom stereocenters. The van der Waals surface area contributed by atoms with Gasteiger partial charge in [0.15, 0.2) is 0 Å². The molecule has 4 aliphatic rings. The molecule has 3 nitrogen and oxygen atoms in total. The number of rotatable bonds is 2. The molecule has 0 radical (unpaired) electrons. The van der Waals surface area contributed by atoms with Crippen LogP contribution in [0.15, 0.2) is 0 Å². The molecule has 1 heterocycles. The number of carbonyl (C=O) groups excluding carboxylic acids is 1. The van der Waals surface area contributed by atoms with Gasteiger partial charge < -0.3 is 9.84 Å². The molecule has 1 saturated heterocycles. The topological polar surface area (TPSA) is 46.5 Å². The molecule has 3 saturated carbocycles. The molecule has 1 N–H and O–H groups in total. The van der Waals surface area contributed by atoms with Gasteiger partial charge in [0.1, 0.15) is 0 Å². The Balaban J connectivity index is 1.68. The number of hydrogen-bond donors (Lipinski definition) is 1. The molecular formula is C14H17F3O3. The largest absolute Gasteiger partial charge is 0.465 e. The van der Waals surface area contributed by atoms with Crippen LogP contribution in [0.5, 0.6) is 0 Å². The first-order chi connectivity index (χ1) is 9.23. The van der Waals surface area contributed by atoms with Gasteiger partial charge in [0, 0.05) is 11.3 Å². The first-order valence-electron chi connectivity index (χ1n) is 7.15. The van der Waals surface area contributed by atoms with E-state index < -0.39 is 29.6 Å². The van der Waals surface area contributed by atoms with Crippen molar-refractivity contribution < 1.29 is 27.8 Å². The van der Waals surface area contributed by atoms with Gasteiger partial charge in [-0.1, -0.05) is 6.92 Å². The van der Waals surface area contributed by atoms with Gasteiger partial charge in [-0.15, -0.1) is 0 Å². The molecule has 0 aromatic carbocycles. The molecule has 0 amide bonds. The summed E-state index contributed by atoms with van der Waals surface area (Å²) in [6.07, 6.45) is -3.64. The number of aliphatic hydroxyl groups is 1. The summed E-state index contributed by atoms with van der Waals surface area (Å²) < 4.78 is 43.8. The molecule has 20 heavy (non-hydrogen) atoms. The summed E-state index contributed by atoms with van der Waals surface area (Å²) in [5, 5.41) is 10.2. The van der Waals surface area contributed by atoms with Gasteiger partial charge in [-0.3, -0.25) is 4.79 Å². The third-order valence-corrected chi connectivity index (χ3v) is 6.41. The SMILES string of the molecule is CC(CC12CC3CC34C(O)C(COC1=O)C24)C(F)(F)F. The minimum absolute atomic E-state index is 0.0963. The molecule has 1 aliphatic heterocycles. The predicted molar refractivity (Wildman–Crippen MR) is 61.4 cm³/mol. The van der Waals surface area contributed by atoms with Crippen molar-refractivity contribution in [2.45, 2.75) is 38.5 Å². The molecule has 0 bridgehead atoms. The highest BCUT2D eigenvalue weighted by Gasteiger charge is 2.86. The fourth-order valence-corrected chi connectivity index (χ4v) is 5.58. The number of esters is 1. The van der Waals surface area contributed by atoms with Gasteiger partial charge in [-0.2, -0.15) is 13.2 Å². The molecule has 0 aromatic rings. The Morgan fingerprint density at radius 1 is 1.45 bits per heavy atom. The lowest BCUT2D eigenvalue weighted by atomic mass is 9.50. The summed E-state index contributed by atoms with van der Waals surface area (Å²) >= 11 is 0. The Morgan fingerprint density at radius 3 is 2.80 bits per heavy atom. The Hall–Kier alpha value is -0.780. The van der Waals surface area contributed by atoms with Gasteiger partial charge in [0.25, 0.3) is 0 Å². The van der Waals surface area contributed by atoms with Crippen molar-refractivity contribution in [3.05, 3.63) is 0 Å². The summed E-state index contributed by atoms with van der Waals surface area (Å²) in [4.78, 5) is 12.2. The van der Waals surface area contributed by atoms with E-state index in [1.807, 2.05) is 0 Å². The van der Waals surface area contributed by atoms with E-state index in [1.165, 1.54) is 0 Å². The molecule has 112 valence electrons. The van der Waals surface area contributed by atoms with Crippen LogP contribution < -0.4 is 0 Å². The Bertz CT molecular complexity index is 491. The zero-order chi connectivity index (χ0) is 14.5. The number of hydrogen-bond acceptors (Lipinski definition) is 3. The van der Waals surface area contributed by atoms with Crippen LogP contribution in [-0.4, -0.2) is 30.0 Å². The highest BCUT2D eigenvalue weighted by atomic mass is 19.4. The fourth-order valence-electron chi connectivity index (χ4n) is 5.58. The zero-order valence-corrected chi connectivity index (χ0v) is 11.1. The van der Waals surface area contributed by atoms with E-state index in [-0.39, 0.29) is 36.2 Å². The normalized spacial score (nSPS) is 53.5. The van der Waals surface area contributed by atoms with Crippen molar-refractivity contribution in [1.82, 2.24) is 0 Å². The second kappa shape index (κ2) is 3.34. The predicted octanol–water partition coefficient (Wildman–Crippen LogP) is 2.13. The highest BCUT2D eigenvalue weighted by Crippen LogP contribution is 2.84. The van der Waals surface area contributed by atoms with Crippen LogP contribution >= 0.6 is 0 Å². The van der Waals surface area contributed by atoms with Gasteiger partial charge in [-0.05, 0) is 31.1 Å². The summed E-state index contributed by atoms with van der Waals surface area (Å²) in [7, 11) is 0. The number of carbonyl (C=O) groups is 1. The number of cyclic esters (lactones) is 1. The first-order valence-corrected chi connectivity index (χ1v) is 7.15. The number of halogens is 3. The average Bonchev–Trinajstić information content (AvgIpc) is 3.01. The number of aliphatic hydroxyl groups excluding tert-OH is 1. The lowest BCUT2D eigenvalue weighted by Crippen LogP contribution is -2.64. The number of ether oxygens (including phenoxy) is 1. The summed E-state index contributed by atoms with van der Waals surface area (Å²) in [6, 6.07) is 0. The maximum absolute atomic E-state index is 12.9. The van der Waals surface area contributed by atoms with Gasteiger partial charge >= 0.3 is 12.1 Å². The molecular weight excluding hydrogens is 273 g/mol. The van der Waals surface area contributed by atoms with E-state index in [0.29, 0.717) is 6.42 Å². The van der Waals surface area contributed by atoms with Crippen LogP contribution in [0.3, 0.4) is 0 Å². The van der Waals surface area contributed by atoms with Crippen molar-refractivity contribution in [2.75, 3.05) is 6.61 Å². The minimum atomic E-state index is -4.29. The van der Waals surface area contributed by atoms with Crippen LogP contribution in [0.4, 0.5) is 13.2 Å². The summed E-state index contributed by atoms with van der Waals surface area (Å²) in [5.41, 5.74) is -1.25. The van der Waals surface area contributed by atoms with E-state index >= 15 is 0 Å². The Kier molecular flexibility index (Phi) is 2.16. The smallest absolute Gasteiger partial charge is 0.391 e. The van der Waals surface area contributed by atoms with E-state index in [1.54, 1.807) is 0 Å². The van der Waals surface area contributed by atoms with Crippen molar-refractivity contribution in [2.24, 2.45) is 34.5 Å². The van der Waals surface area contributed by atoms with Crippen LogP contribution in [0.25, 0.3) is 0 Å². The van der Waals surface area contributed by atoms with Crippen molar-refractivity contribution in [3.63, 3.8) is 0 Å². The van der Waals surface area contributed by atoms with Crippen molar-refractivity contribution in [3.8, 4) is 0 Å². The van der Waals surface area contributed by atoms with E-state index in [4.69, 9.17) is 4.74 Å². The van der Waals surface area contributed by atoms with Crippen LogP contribution in [0, 0.1) is 34.5 Å². The van der Waals surface area contributed by atoms with Crippen LogP contribution in [-0.2, 0) is 9.53 Å². The first kappa shape index (κ1) is 12.9. The monoisotopic (exact) mass is 290 g/mol. The molecule has 4 rings (SSSR count). The fraction of sp³-hybridized carbons (Fsp3) is 0.929. The molecule has 0 aromatic heterocycles. The van der Waals surface area contributed by atoms with E-state index in [0.717, 1.165) is 13.3 Å². The average molecular weight is 290 g/mol. The second-order valence-corrected chi connectivity index (χ2v) is 7.21. The lowest BCUT2D eigenvalue weighted by molar-refractivity contribution is -0.235. The van der Waals surface area contributed by atoms with Crippen molar-refractivity contribution >= 4 is 5.97 Å². The van der Waals surface area contributed by atoms with Gasteiger partial charge in [-0.25, -0.2) is 0 Å². The second-order valence-electron chi connectivity index (χ2n) is 7.21. The molecule has 6 heteroatoms. The molecule has 3 aliphatic carbocycles. The van der Waals surface area contributed by atoms with E-state index in [9.17, 15) is 23.1 Å². The lowest BCUT2D eigenvalue weighted by Gasteiger charge is -2.57. The molecule has 4 fully saturated rings. The highest BCUT2D eigenvalue weighted by molar-refractivity contribution is 5.80. The van der Waals surface area contributed by atoms with Gasteiger partial charge in [0.05, 0.1) is 24.0 Å². The molecule has 1 spiro atoms. The maximum Gasteiger partial charge on any atom is 0.391 e. The summed E-state index contributed by atoms with van der Waals surface area (Å²) in [5.74, 6) is -2.01. The quantitative estimate of drug-likeness (QED) is 0.793. The van der Waals surface area contributed by atoms with Crippen molar-refractivity contribution in [1.29, 1.82) is 0 Å². The standard InChI is InChI=1S/C14H17F3O3/c1-6(14(15,16)17)2-12-3-7-4-13(7)9(12)8(10(13)18)5-20-11(12)19/h6-10,18H,2-5H2,1H3. The molecule has 7 unspecified atom stereocenters. The number of alkyl halides is 3. The third kappa shape index (κ3) is 1.21. The summed E-state index contributed by atoms with van der Waals surface area (Å²) in [6.45, 7) is 1.30. The van der Waals surface area contributed by atoms with E-state index in [2.05, 4.69) is 0 Å². The minimum Gasteiger partial charge on any atom is -0.465 e. The van der Waals surface area contributed by atoms with Crippen LogP contribution in [0.2, 0.25) is 0 Å². The third-order valence-electron chi connectivity index (χ3n) is 6.41. The Labute approximate surface area is 114 Å².